The summed E-state index contributed by atoms with van der Waals surface area (Å²) in [5.74, 6) is 2.09. The molecule has 0 saturated carbocycles. The first-order valence-electron chi connectivity index (χ1n) is 18.3. The summed E-state index contributed by atoms with van der Waals surface area (Å²) >= 11 is 0. The molecule has 3 atom stereocenters. The van der Waals surface area contributed by atoms with Gasteiger partial charge in [0.1, 0.15) is 24.0 Å². The minimum absolute atomic E-state index is 0.0763. The van der Waals surface area contributed by atoms with Gasteiger partial charge in [-0.05, 0) is 62.4 Å². The number of benzene rings is 7. The smallest absolute Gasteiger partial charge is 0.150 e. The third-order valence-electron chi connectivity index (χ3n) is 11.0. The SMILES string of the molecule is C1=C(C2N3C(c4ccc(-c5ccccc5)cc4)=NC(c4ccccc4)N23)C=C(n2c3cc(-c4ccccc4)ccc3c3c4ccccc4ccc32)NC1. The van der Waals surface area contributed by atoms with Gasteiger partial charge >= 0.3 is 0 Å². The fraction of sp³-hybridized carbons (Fsp3) is 0.0625. The van der Waals surface area contributed by atoms with Gasteiger partial charge < -0.3 is 5.32 Å². The molecule has 8 aromatic rings. The molecule has 0 spiro atoms. The van der Waals surface area contributed by atoms with Crippen LogP contribution in [0.4, 0.5) is 0 Å². The molecule has 5 heteroatoms. The van der Waals surface area contributed by atoms with E-state index in [1.165, 1.54) is 66.0 Å². The van der Waals surface area contributed by atoms with E-state index < -0.39 is 0 Å². The summed E-state index contributed by atoms with van der Waals surface area (Å²) in [5, 5.41) is 13.6. The van der Waals surface area contributed by atoms with Crippen LogP contribution in [0.15, 0.2) is 193 Å². The second kappa shape index (κ2) is 11.9. The largest absolute Gasteiger partial charge is 0.368 e. The van der Waals surface area contributed by atoms with E-state index in [4.69, 9.17) is 4.99 Å². The van der Waals surface area contributed by atoms with Crippen LogP contribution in [0.25, 0.3) is 60.7 Å². The van der Waals surface area contributed by atoms with Crippen LogP contribution >= 0.6 is 0 Å². The first-order valence-corrected chi connectivity index (χ1v) is 18.3. The molecule has 4 heterocycles. The average Bonchev–Trinajstić information content (AvgIpc) is 3.69. The monoisotopic (exact) mass is 681 g/mol. The van der Waals surface area contributed by atoms with E-state index >= 15 is 0 Å². The molecular weight excluding hydrogens is 647 g/mol. The first kappa shape index (κ1) is 30.0. The molecule has 11 rings (SSSR count). The third-order valence-corrected chi connectivity index (χ3v) is 11.0. The molecule has 1 N–H and O–H groups in total. The van der Waals surface area contributed by atoms with Crippen molar-refractivity contribution in [3.63, 3.8) is 0 Å². The van der Waals surface area contributed by atoms with E-state index in [1.807, 2.05) is 0 Å². The topological polar surface area (TPSA) is 35.3 Å². The highest BCUT2D eigenvalue weighted by Crippen LogP contribution is 2.49. The van der Waals surface area contributed by atoms with Crippen molar-refractivity contribution in [2.75, 3.05) is 6.54 Å². The van der Waals surface area contributed by atoms with Crippen molar-refractivity contribution in [3.8, 4) is 22.3 Å². The molecule has 3 unspecified atom stereocenters. The summed E-state index contributed by atoms with van der Waals surface area (Å²) in [6.07, 6.45) is 4.68. The lowest BCUT2D eigenvalue weighted by Gasteiger charge is -2.20. The van der Waals surface area contributed by atoms with Crippen molar-refractivity contribution in [1.82, 2.24) is 19.9 Å². The molecule has 252 valence electrons. The molecule has 5 nitrogen and oxygen atoms in total. The summed E-state index contributed by atoms with van der Waals surface area (Å²) in [5.41, 5.74) is 10.8. The Hall–Kier alpha value is -6.69. The maximum absolute atomic E-state index is 5.32. The van der Waals surface area contributed by atoms with Crippen molar-refractivity contribution in [1.29, 1.82) is 0 Å². The second-order valence-corrected chi connectivity index (χ2v) is 14.0. The Bertz CT molecular complexity index is 2780. The number of fused-ring (bicyclic) bond motifs is 6. The van der Waals surface area contributed by atoms with E-state index in [2.05, 4.69) is 202 Å². The van der Waals surface area contributed by atoms with Crippen LogP contribution in [0, 0.1) is 0 Å². The summed E-state index contributed by atoms with van der Waals surface area (Å²) in [4.78, 5) is 5.32. The van der Waals surface area contributed by atoms with E-state index in [0.717, 1.165) is 23.8 Å². The molecule has 7 aromatic carbocycles. The predicted molar refractivity (Wildman–Crippen MR) is 218 cm³/mol. The minimum Gasteiger partial charge on any atom is -0.368 e. The summed E-state index contributed by atoms with van der Waals surface area (Å²) in [6, 6.07) is 61.0. The van der Waals surface area contributed by atoms with Crippen molar-refractivity contribution in [3.05, 3.63) is 199 Å². The zero-order valence-electron chi connectivity index (χ0n) is 29.0. The zero-order chi connectivity index (χ0) is 34.9. The lowest BCUT2D eigenvalue weighted by Crippen LogP contribution is -2.24. The standard InChI is InChI=1S/C48H35N5/c1-4-12-32(13-5-1)34-20-22-37(23-21-34)47-50-46(36-17-8-3-9-18-36)52-48(53(47)52)39-28-29-49-44(31-39)51-42-27-25-35-16-10-11-19-40(35)45(42)41-26-24-38(30-43(41)51)33-14-6-2-7-15-33/h1-28,30-31,46,48-49H,29H2. The maximum Gasteiger partial charge on any atom is 0.150 e. The molecule has 1 saturated heterocycles. The van der Waals surface area contributed by atoms with Gasteiger partial charge in [-0.15, -0.1) is 0 Å². The van der Waals surface area contributed by atoms with Crippen LogP contribution < -0.4 is 5.32 Å². The van der Waals surface area contributed by atoms with Gasteiger partial charge in [0.2, 0.25) is 0 Å². The molecule has 0 aliphatic carbocycles. The lowest BCUT2D eigenvalue weighted by molar-refractivity contribution is 0.345. The average molecular weight is 682 g/mol. The highest BCUT2D eigenvalue weighted by atomic mass is 15.9. The molecular formula is C48H35N5. The zero-order valence-corrected chi connectivity index (χ0v) is 29.0. The summed E-state index contributed by atoms with van der Waals surface area (Å²) in [7, 11) is 0. The molecule has 3 aliphatic heterocycles. The van der Waals surface area contributed by atoms with E-state index in [-0.39, 0.29) is 12.3 Å². The predicted octanol–water partition coefficient (Wildman–Crippen LogP) is 10.6. The van der Waals surface area contributed by atoms with Crippen LogP contribution in [0.3, 0.4) is 0 Å². The second-order valence-electron chi connectivity index (χ2n) is 14.0. The fourth-order valence-electron chi connectivity index (χ4n) is 8.41. The number of hydrazine groups is 1. The van der Waals surface area contributed by atoms with Crippen LogP contribution in [0.2, 0.25) is 0 Å². The number of amidine groups is 1. The van der Waals surface area contributed by atoms with Crippen LogP contribution in [-0.4, -0.2) is 33.1 Å². The minimum atomic E-state index is -0.0920. The quantitative estimate of drug-likeness (QED) is 0.178. The van der Waals surface area contributed by atoms with Crippen LogP contribution in [0.1, 0.15) is 17.3 Å². The van der Waals surface area contributed by atoms with Gasteiger partial charge in [-0.3, -0.25) is 9.58 Å². The Morgan fingerprint density at radius 1 is 0.547 bits per heavy atom. The number of hydrogen-bond acceptors (Lipinski definition) is 4. The van der Waals surface area contributed by atoms with Crippen LogP contribution in [0.5, 0.6) is 0 Å². The highest BCUT2D eigenvalue weighted by Gasteiger charge is 2.58. The van der Waals surface area contributed by atoms with Gasteiger partial charge in [0.05, 0.1) is 11.0 Å². The molecule has 1 aromatic heterocycles. The lowest BCUT2D eigenvalue weighted by atomic mass is 10.0. The number of nitrogens with zero attached hydrogens (tertiary/aromatic N) is 4. The fourth-order valence-corrected chi connectivity index (χ4v) is 8.41. The van der Waals surface area contributed by atoms with Gasteiger partial charge in [-0.1, -0.05) is 164 Å². The summed E-state index contributed by atoms with van der Waals surface area (Å²) < 4.78 is 2.44. The van der Waals surface area contributed by atoms with Gasteiger partial charge in [-0.2, -0.15) is 5.01 Å². The van der Waals surface area contributed by atoms with Crippen molar-refractivity contribution in [2.45, 2.75) is 12.3 Å². The van der Waals surface area contributed by atoms with Gasteiger partial charge in [0.15, 0.2) is 0 Å². The number of rotatable bonds is 6. The molecule has 1 fully saturated rings. The first-order chi connectivity index (χ1) is 26.3. The number of nitrogens with one attached hydrogen (secondary N) is 1. The Balaban J connectivity index is 1.02. The van der Waals surface area contributed by atoms with Gasteiger partial charge in [0, 0.05) is 22.9 Å². The van der Waals surface area contributed by atoms with E-state index in [1.54, 1.807) is 0 Å². The number of aliphatic imine (C=N–C) groups is 1. The number of dihydropyridines is 1. The van der Waals surface area contributed by atoms with E-state index in [9.17, 15) is 0 Å². The molecule has 0 amide bonds. The highest BCUT2D eigenvalue weighted by molar-refractivity contribution is 6.22. The Labute approximate surface area is 308 Å². The van der Waals surface area contributed by atoms with Crippen LogP contribution in [-0.2, 0) is 0 Å². The number of hydrogen-bond donors (Lipinski definition) is 1. The molecule has 0 radical (unpaired) electrons. The normalized spacial score (nSPS) is 19.1. The van der Waals surface area contributed by atoms with E-state index in [0.29, 0.717) is 0 Å². The number of aromatic nitrogens is 1. The molecule has 0 bridgehead atoms. The Morgan fingerprint density at radius 2 is 1.19 bits per heavy atom. The van der Waals surface area contributed by atoms with Crippen molar-refractivity contribution < 1.29 is 0 Å². The third kappa shape index (κ3) is 4.85. The van der Waals surface area contributed by atoms with Crippen molar-refractivity contribution >= 4 is 44.2 Å². The molecule has 53 heavy (non-hydrogen) atoms. The summed E-state index contributed by atoms with van der Waals surface area (Å²) in [6.45, 7) is 0.737. The Kier molecular flexibility index (Phi) is 6.76. The van der Waals surface area contributed by atoms with Gasteiger partial charge in [0.25, 0.3) is 0 Å². The maximum atomic E-state index is 5.32. The molecule has 3 aliphatic rings. The van der Waals surface area contributed by atoms with Gasteiger partial charge in [-0.25, -0.2) is 4.99 Å². The van der Waals surface area contributed by atoms with Crippen molar-refractivity contribution in [2.24, 2.45) is 4.99 Å². The Morgan fingerprint density at radius 3 is 1.96 bits per heavy atom.